The molecule has 8 aromatic rings. The van der Waals surface area contributed by atoms with Crippen LogP contribution in [-0.2, 0) is 33.0 Å². The lowest BCUT2D eigenvalue weighted by molar-refractivity contribution is 0.256. The van der Waals surface area contributed by atoms with Gasteiger partial charge in [-0.05, 0) is 68.6 Å². The van der Waals surface area contributed by atoms with Crippen molar-refractivity contribution in [3.05, 3.63) is 218 Å². The van der Waals surface area contributed by atoms with E-state index in [2.05, 4.69) is 22.6 Å². The Morgan fingerprint density at radius 3 is 1.28 bits per heavy atom. The normalized spacial score (nSPS) is 10.9. The van der Waals surface area contributed by atoms with Gasteiger partial charge in [0, 0.05) is 11.6 Å². The Hall–Kier alpha value is -6.52. The van der Waals surface area contributed by atoms with E-state index in [-0.39, 0.29) is 41.1 Å². The first-order valence-corrected chi connectivity index (χ1v) is 20.0. The monoisotopic (exact) mass is 878 g/mol. The van der Waals surface area contributed by atoms with Gasteiger partial charge in [0.05, 0.1) is 3.57 Å². The molecule has 0 amide bonds. The largest absolute Gasteiger partial charge is 0.488 e. The van der Waals surface area contributed by atoms with Gasteiger partial charge in [0.25, 0.3) is 0 Å². The molecule has 0 unspecified atom stereocenters. The second-order valence-electron chi connectivity index (χ2n) is 13.5. The standard InChI is InChI=1S/C50H39IO7/c51-46-44(55-32-37-20-10-3-11-21-37)29-43-45(49(46)56-33-38-22-12-4-13-23-38)47(52)50(57-34-39-24-14-5-15-25-39)48(58-43)40-26-27-41(53-30-35-16-6-1-7-17-35)42(28-40)54-31-36-18-8-2-9-19-36/h1-29H,30-34H2. The van der Waals surface area contributed by atoms with Crippen LogP contribution in [-0.4, -0.2) is 0 Å². The highest BCUT2D eigenvalue weighted by Gasteiger charge is 2.26. The summed E-state index contributed by atoms with van der Waals surface area (Å²) in [4.78, 5) is 15.0. The third-order valence-electron chi connectivity index (χ3n) is 9.37. The summed E-state index contributed by atoms with van der Waals surface area (Å²) in [5.41, 5.74) is 5.32. The van der Waals surface area contributed by atoms with Crippen LogP contribution >= 0.6 is 22.6 Å². The van der Waals surface area contributed by atoms with Crippen molar-refractivity contribution in [1.82, 2.24) is 0 Å². The molecule has 288 valence electrons. The van der Waals surface area contributed by atoms with Crippen molar-refractivity contribution in [3.8, 4) is 40.1 Å². The highest BCUT2D eigenvalue weighted by Crippen LogP contribution is 2.43. The first-order valence-electron chi connectivity index (χ1n) is 18.9. The highest BCUT2D eigenvalue weighted by molar-refractivity contribution is 14.1. The van der Waals surface area contributed by atoms with E-state index in [9.17, 15) is 4.79 Å². The second kappa shape index (κ2) is 18.6. The van der Waals surface area contributed by atoms with Crippen LogP contribution in [0.15, 0.2) is 185 Å². The SMILES string of the molecule is O=c1c(OCc2ccccc2)c(-c2ccc(OCc3ccccc3)c(OCc3ccccc3)c2)oc2cc(OCc3ccccc3)c(I)c(OCc3ccccc3)c12. The molecular formula is C50H39IO7. The second-order valence-corrected chi connectivity index (χ2v) is 14.6. The molecule has 7 aromatic carbocycles. The van der Waals surface area contributed by atoms with Gasteiger partial charge in [0.15, 0.2) is 23.0 Å². The quantitative estimate of drug-likeness (QED) is 0.0895. The van der Waals surface area contributed by atoms with E-state index >= 15 is 0 Å². The van der Waals surface area contributed by atoms with Gasteiger partial charge in [0.1, 0.15) is 49.8 Å². The van der Waals surface area contributed by atoms with Crippen LogP contribution < -0.4 is 29.1 Å². The molecule has 58 heavy (non-hydrogen) atoms. The molecule has 0 aliphatic heterocycles. The highest BCUT2D eigenvalue weighted by atomic mass is 127. The zero-order chi connectivity index (χ0) is 39.5. The molecule has 8 rings (SSSR count). The van der Waals surface area contributed by atoms with Crippen molar-refractivity contribution >= 4 is 33.6 Å². The fourth-order valence-electron chi connectivity index (χ4n) is 6.37. The van der Waals surface area contributed by atoms with Crippen LogP contribution in [0.1, 0.15) is 27.8 Å². The predicted molar refractivity (Wildman–Crippen MR) is 235 cm³/mol. The number of benzene rings is 7. The first kappa shape index (κ1) is 38.4. The molecule has 0 N–H and O–H groups in total. The lowest BCUT2D eigenvalue weighted by Crippen LogP contribution is -2.13. The van der Waals surface area contributed by atoms with Crippen LogP contribution in [0.5, 0.6) is 28.7 Å². The van der Waals surface area contributed by atoms with Gasteiger partial charge in [-0.3, -0.25) is 4.79 Å². The molecule has 8 heteroatoms. The molecule has 0 saturated carbocycles. The van der Waals surface area contributed by atoms with Gasteiger partial charge in [0.2, 0.25) is 11.2 Å². The Balaban J connectivity index is 1.25. The summed E-state index contributed by atoms with van der Waals surface area (Å²) in [5.74, 6) is 2.17. The summed E-state index contributed by atoms with van der Waals surface area (Å²) in [6, 6.07) is 56.5. The summed E-state index contributed by atoms with van der Waals surface area (Å²) < 4.78 is 39.5. The van der Waals surface area contributed by atoms with Crippen LogP contribution in [0.25, 0.3) is 22.3 Å². The van der Waals surface area contributed by atoms with Crippen molar-refractivity contribution in [2.24, 2.45) is 0 Å². The number of fused-ring (bicyclic) bond motifs is 1. The third-order valence-corrected chi connectivity index (χ3v) is 10.4. The molecule has 0 aliphatic carbocycles. The van der Waals surface area contributed by atoms with Gasteiger partial charge in [-0.1, -0.05) is 152 Å². The van der Waals surface area contributed by atoms with Crippen LogP contribution in [0.3, 0.4) is 0 Å². The Labute approximate surface area is 350 Å². The Bertz CT molecular complexity index is 2630. The Morgan fingerprint density at radius 1 is 0.414 bits per heavy atom. The molecule has 0 fully saturated rings. The van der Waals surface area contributed by atoms with Gasteiger partial charge in [-0.25, -0.2) is 0 Å². The van der Waals surface area contributed by atoms with E-state index in [1.165, 1.54) is 0 Å². The third kappa shape index (κ3) is 9.36. The molecule has 0 spiro atoms. The van der Waals surface area contributed by atoms with Crippen molar-refractivity contribution in [2.45, 2.75) is 33.0 Å². The lowest BCUT2D eigenvalue weighted by Gasteiger charge is -2.18. The molecule has 0 saturated heterocycles. The maximum absolute atomic E-state index is 15.0. The van der Waals surface area contributed by atoms with Crippen molar-refractivity contribution in [3.63, 3.8) is 0 Å². The van der Waals surface area contributed by atoms with Crippen molar-refractivity contribution in [2.75, 3.05) is 0 Å². The van der Waals surface area contributed by atoms with Crippen LogP contribution in [0, 0.1) is 3.57 Å². The molecular weight excluding hydrogens is 839 g/mol. The van der Waals surface area contributed by atoms with Gasteiger partial charge in [-0.15, -0.1) is 0 Å². The van der Waals surface area contributed by atoms with E-state index < -0.39 is 0 Å². The minimum absolute atomic E-state index is 0.0432. The van der Waals surface area contributed by atoms with Crippen molar-refractivity contribution < 1.29 is 28.1 Å². The summed E-state index contributed by atoms with van der Waals surface area (Å²) in [7, 11) is 0. The maximum Gasteiger partial charge on any atom is 0.239 e. The van der Waals surface area contributed by atoms with Crippen molar-refractivity contribution in [1.29, 1.82) is 0 Å². The predicted octanol–water partition coefficient (Wildman–Crippen LogP) is 12.0. The van der Waals surface area contributed by atoms with Gasteiger partial charge >= 0.3 is 0 Å². The Morgan fingerprint density at radius 2 is 0.810 bits per heavy atom. The molecule has 0 bridgehead atoms. The molecule has 0 aliphatic rings. The Kier molecular flexibility index (Phi) is 12.3. The number of ether oxygens (including phenoxy) is 5. The van der Waals surface area contributed by atoms with Crippen LogP contribution in [0.4, 0.5) is 0 Å². The summed E-state index contributed by atoms with van der Waals surface area (Å²) in [6.07, 6.45) is 0. The van der Waals surface area contributed by atoms with Crippen LogP contribution in [0.2, 0.25) is 0 Å². The van der Waals surface area contributed by atoms with E-state index in [1.54, 1.807) is 6.07 Å². The average Bonchev–Trinajstić information content (AvgIpc) is 3.28. The lowest BCUT2D eigenvalue weighted by atomic mass is 10.1. The number of halogens is 1. The van der Waals surface area contributed by atoms with E-state index in [0.29, 0.717) is 52.0 Å². The molecule has 7 nitrogen and oxygen atoms in total. The minimum atomic E-state index is -0.376. The number of hydrogen-bond acceptors (Lipinski definition) is 7. The first-order chi connectivity index (χ1) is 28.6. The molecule has 1 aromatic heterocycles. The topological polar surface area (TPSA) is 76.4 Å². The van der Waals surface area contributed by atoms with E-state index in [1.807, 2.05) is 170 Å². The summed E-state index contributed by atoms with van der Waals surface area (Å²) >= 11 is 2.19. The molecule has 1 heterocycles. The molecule has 0 atom stereocenters. The van der Waals surface area contributed by atoms with E-state index in [4.69, 9.17) is 28.1 Å². The average molecular weight is 879 g/mol. The smallest absolute Gasteiger partial charge is 0.239 e. The number of rotatable bonds is 16. The fourth-order valence-corrected chi connectivity index (χ4v) is 7.10. The van der Waals surface area contributed by atoms with Gasteiger partial charge < -0.3 is 28.1 Å². The maximum atomic E-state index is 15.0. The fraction of sp³-hybridized carbons (Fsp3) is 0.100. The molecule has 0 radical (unpaired) electrons. The number of hydrogen-bond donors (Lipinski definition) is 0. The summed E-state index contributed by atoms with van der Waals surface area (Å²) in [6.45, 7) is 1.31. The minimum Gasteiger partial charge on any atom is -0.488 e. The zero-order valence-electron chi connectivity index (χ0n) is 31.5. The zero-order valence-corrected chi connectivity index (χ0v) is 33.7. The van der Waals surface area contributed by atoms with E-state index in [0.717, 1.165) is 27.8 Å². The van der Waals surface area contributed by atoms with Gasteiger partial charge in [-0.2, -0.15) is 0 Å². The summed E-state index contributed by atoms with van der Waals surface area (Å²) in [5, 5.41) is 0.252.